The molecule has 0 aromatic heterocycles. The van der Waals surface area contributed by atoms with Crippen molar-refractivity contribution in [3.05, 3.63) is 42.0 Å². The number of benzene rings is 2. The number of hydrogen-bond acceptors (Lipinski definition) is 5. The molecule has 2 rings (SSSR count). The van der Waals surface area contributed by atoms with Gasteiger partial charge in [-0.25, -0.2) is 0 Å². The third kappa shape index (κ3) is 3.31. The number of methoxy groups -OCH3 is 3. The number of hydrogen-bond donors (Lipinski definition) is 2. The first-order valence-corrected chi connectivity index (χ1v) is 6.50. The Hall–Kier alpha value is -2.56. The minimum absolute atomic E-state index is 0.000965. The normalized spacial score (nSPS) is 10.0. The molecule has 0 heterocycles. The highest BCUT2D eigenvalue weighted by Gasteiger charge is 2.11. The van der Waals surface area contributed by atoms with Crippen molar-refractivity contribution in [3.8, 4) is 23.0 Å². The lowest BCUT2D eigenvalue weighted by Crippen LogP contribution is -2.02. The van der Waals surface area contributed by atoms with Crippen molar-refractivity contribution < 1.29 is 19.3 Å². The Morgan fingerprint density at radius 1 is 0.905 bits per heavy atom. The molecule has 0 saturated heterocycles. The van der Waals surface area contributed by atoms with Crippen molar-refractivity contribution in [2.75, 3.05) is 26.6 Å². The molecule has 0 saturated carbocycles. The molecular weight excluding hydrogens is 270 g/mol. The molecule has 2 aromatic rings. The predicted octanol–water partition coefficient (Wildman–Crippen LogP) is 3.03. The smallest absolute Gasteiger partial charge is 0.200 e. The molecule has 0 radical (unpaired) electrons. The highest BCUT2D eigenvalue weighted by Crippen LogP contribution is 2.37. The van der Waals surface area contributed by atoms with Gasteiger partial charge in [0.05, 0.1) is 27.0 Å². The van der Waals surface area contributed by atoms with Crippen LogP contribution in [0, 0.1) is 0 Å². The van der Waals surface area contributed by atoms with E-state index in [-0.39, 0.29) is 5.75 Å². The molecule has 0 unspecified atom stereocenters. The van der Waals surface area contributed by atoms with E-state index in [1.165, 1.54) is 14.2 Å². The van der Waals surface area contributed by atoms with Gasteiger partial charge in [0.15, 0.2) is 11.5 Å². The van der Waals surface area contributed by atoms with Crippen molar-refractivity contribution in [1.29, 1.82) is 0 Å². The zero-order valence-electron chi connectivity index (χ0n) is 12.3. The Bertz CT molecular complexity index is 588. The third-order valence-corrected chi connectivity index (χ3v) is 3.13. The first kappa shape index (κ1) is 14.8. The highest BCUT2D eigenvalue weighted by molar-refractivity contribution is 5.57. The maximum atomic E-state index is 9.89. The molecule has 0 bridgehead atoms. The summed E-state index contributed by atoms with van der Waals surface area (Å²) in [7, 11) is 4.64. The van der Waals surface area contributed by atoms with Crippen LogP contribution in [0.15, 0.2) is 36.4 Å². The largest absolute Gasteiger partial charge is 0.502 e. The van der Waals surface area contributed by atoms with Crippen LogP contribution in [0.5, 0.6) is 23.0 Å². The molecule has 21 heavy (non-hydrogen) atoms. The summed E-state index contributed by atoms with van der Waals surface area (Å²) in [5, 5.41) is 13.2. The molecule has 2 aromatic carbocycles. The van der Waals surface area contributed by atoms with Crippen LogP contribution in [0.1, 0.15) is 5.56 Å². The average Bonchev–Trinajstić information content (AvgIpc) is 2.54. The molecule has 0 aliphatic carbocycles. The Morgan fingerprint density at radius 3 is 2.05 bits per heavy atom. The lowest BCUT2D eigenvalue weighted by molar-refractivity contribution is 0.339. The summed E-state index contributed by atoms with van der Waals surface area (Å²) in [5.41, 5.74) is 1.82. The van der Waals surface area contributed by atoms with E-state index < -0.39 is 0 Å². The summed E-state index contributed by atoms with van der Waals surface area (Å²) >= 11 is 0. The number of nitrogens with one attached hydrogen (secondary N) is 1. The van der Waals surface area contributed by atoms with E-state index in [0.717, 1.165) is 17.0 Å². The Morgan fingerprint density at radius 2 is 1.48 bits per heavy atom. The Labute approximate surface area is 124 Å². The van der Waals surface area contributed by atoms with Gasteiger partial charge < -0.3 is 24.6 Å². The number of aromatic hydroxyl groups is 1. The third-order valence-electron chi connectivity index (χ3n) is 3.13. The standard InChI is InChI=1S/C16H19NO4/c1-19-13-7-5-4-6-12(13)17-10-11-8-14(20-2)16(18)15(9-11)21-3/h4-9,17-18H,10H2,1-3H3. The fourth-order valence-electron chi connectivity index (χ4n) is 2.04. The van der Waals surface area contributed by atoms with Crippen LogP contribution in [0.3, 0.4) is 0 Å². The maximum Gasteiger partial charge on any atom is 0.200 e. The monoisotopic (exact) mass is 289 g/mol. The number of phenolic OH excluding ortho intramolecular Hbond substituents is 1. The SMILES string of the molecule is COc1ccccc1NCc1cc(OC)c(O)c(OC)c1. The number of rotatable bonds is 6. The first-order chi connectivity index (χ1) is 10.2. The van der Waals surface area contributed by atoms with Gasteiger partial charge in [0.25, 0.3) is 0 Å². The second-order valence-corrected chi connectivity index (χ2v) is 4.40. The fraction of sp³-hybridized carbons (Fsp3) is 0.250. The lowest BCUT2D eigenvalue weighted by Gasteiger charge is -2.14. The lowest BCUT2D eigenvalue weighted by atomic mass is 10.1. The van der Waals surface area contributed by atoms with E-state index in [1.54, 1.807) is 19.2 Å². The Balaban J connectivity index is 2.20. The van der Waals surface area contributed by atoms with E-state index in [9.17, 15) is 5.11 Å². The highest BCUT2D eigenvalue weighted by atomic mass is 16.5. The van der Waals surface area contributed by atoms with E-state index in [2.05, 4.69) is 5.32 Å². The molecule has 5 nitrogen and oxygen atoms in total. The number of anilines is 1. The van der Waals surface area contributed by atoms with Crippen LogP contribution >= 0.6 is 0 Å². The number of phenols is 1. The zero-order chi connectivity index (χ0) is 15.2. The summed E-state index contributed by atoms with van der Waals surface area (Å²) in [6.07, 6.45) is 0. The molecule has 0 atom stereocenters. The minimum Gasteiger partial charge on any atom is -0.502 e. The topological polar surface area (TPSA) is 60.0 Å². The molecule has 0 aliphatic rings. The van der Waals surface area contributed by atoms with Gasteiger partial charge in [0.2, 0.25) is 5.75 Å². The fourth-order valence-corrected chi connectivity index (χ4v) is 2.04. The molecule has 0 spiro atoms. The van der Waals surface area contributed by atoms with Gasteiger partial charge >= 0.3 is 0 Å². The van der Waals surface area contributed by atoms with Crippen molar-refractivity contribution in [3.63, 3.8) is 0 Å². The summed E-state index contributed by atoms with van der Waals surface area (Å²) in [6.45, 7) is 0.549. The van der Waals surface area contributed by atoms with E-state index in [1.807, 2.05) is 24.3 Å². The van der Waals surface area contributed by atoms with Gasteiger partial charge in [-0.1, -0.05) is 12.1 Å². The van der Waals surface area contributed by atoms with Gasteiger partial charge in [-0.15, -0.1) is 0 Å². The van der Waals surface area contributed by atoms with Crippen molar-refractivity contribution in [1.82, 2.24) is 0 Å². The van der Waals surface area contributed by atoms with Gasteiger partial charge in [-0.3, -0.25) is 0 Å². The Kier molecular flexibility index (Phi) is 4.77. The first-order valence-electron chi connectivity index (χ1n) is 6.50. The van der Waals surface area contributed by atoms with Crippen molar-refractivity contribution >= 4 is 5.69 Å². The summed E-state index contributed by atoms with van der Waals surface area (Å²) in [4.78, 5) is 0. The molecule has 5 heteroatoms. The van der Waals surface area contributed by atoms with Crippen LogP contribution in [0.25, 0.3) is 0 Å². The van der Waals surface area contributed by atoms with E-state index in [4.69, 9.17) is 14.2 Å². The number of para-hydroxylation sites is 2. The van der Waals surface area contributed by atoms with Gasteiger partial charge in [-0.2, -0.15) is 0 Å². The average molecular weight is 289 g/mol. The van der Waals surface area contributed by atoms with Crippen LogP contribution in [-0.2, 0) is 6.54 Å². The predicted molar refractivity (Wildman–Crippen MR) is 81.5 cm³/mol. The van der Waals surface area contributed by atoms with Crippen molar-refractivity contribution in [2.24, 2.45) is 0 Å². The quantitative estimate of drug-likeness (QED) is 0.856. The minimum atomic E-state index is 0.000965. The van der Waals surface area contributed by atoms with Crippen LogP contribution < -0.4 is 19.5 Å². The van der Waals surface area contributed by atoms with Gasteiger partial charge in [-0.05, 0) is 29.8 Å². The molecular formula is C16H19NO4. The summed E-state index contributed by atoms with van der Waals surface area (Å²) in [6, 6.07) is 11.2. The van der Waals surface area contributed by atoms with Crippen LogP contribution in [-0.4, -0.2) is 26.4 Å². The van der Waals surface area contributed by atoms with Crippen LogP contribution in [0.2, 0.25) is 0 Å². The molecule has 112 valence electrons. The second kappa shape index (κ2) is 6.74. The van der Waals surface area contributed by atoms with Crippen molar-refractivity contribution in [2.45, 2.75) is 6.54 Å². The maximum absolute atomic E-state index is 9.89. The summed E-state index contributed by atoms with van der Waals surface area (Å²) in [5.74, 6) is 1.54. The second-order valence-electron chi connectivity index (χ2n) is 4.40. The molecule has 0 amide bonds. The molecule has 0 fully saturated rings. The van der Waals surface area contributed by atoms with E-state index in [0.29, 0.717) is 18.0 Å². The molecule has 0 aliphatic heterocycles. The van der Waals surface area contributed by atoms with Gasteiger partial charge in [0.1, 0.15) is 5.75 Å². The molecule has 2 N–H and O–H groups in total. The number of ether oxygens (including phenoxy) is 3. The van der Waals surface area contributed by atoms with Gasteiger partial charge in [0, 0.05) is 6.54 Å². The zero-order valence-corrected chi connectivity index (χ0v) is 12.3. The van der Waals surface area contributed by atoms with Crippen LogP contribution in [0.4, 0.5) is 5.69 Å². The summed E-state index contributed by atoms with van der Waals surface area (Å²) < 4.78 is 15.6. The van der Waals surface area contributed by atoms with E-state index >= 15 is 0 Å².